The predicted molar refractivity (Wildman–Crippen MR) is 85.5 cm³/mol. The molecule has 0 unspecified atom stereocenters. The molecule has 0 aliphatic rings. The van der Waals surface area contributed by atoms with Crippen LogP contribution in [0.3, 0.4) is 0 Å². The molecule has 1 aromatic heterocycles. The van der Waals surface area contributed by atoms with Crippen LogP contribution in [0.4, 0.5) is 0 Å². The van der Waals surface area contributed by atoms with Crippen LogP contribution >= 0.6 is 12.2 Å². The largest absolute Gasteiger partial charge is 0.352 e. The molecule has 0 saturated heterocycles. The fraction of sp³-hybridized carbons (Fsp3) is 0.583. The molecule has 96 valence electrons. The van der Waals surface area contributed by atoms with Crippen molar-refractivity contribution in [3.05, 3.63) is 22.7 Å². The minimum Gasteiger partial charge on any atom is -0.352 e. The third-order valence-electron chi connectivity index (χ3n) is 2.65. The van der Waals surface area contributed by atoms with Crippen LogP contribution < -0.4 is 0 Å². The van der Waals surface area contributed by atoms with Crippen LogP contribution in [0.2, 0.25) is 39.3 Å². The highest BCUT2D eigenvalue weighted by Gasteiger charge is 2.25. The van der Waals surface area contributed by atoms with Crippen LogP contribution in [0.15, 0.2) is 12.3 Å². The highest BCUT2D eigenvalue weighted by atomic mass is 32.1. The van der Waals surface area contributed by atoms with Crippen LogP contribution in [0.5, 0.6) is 0 Å². The van der Waals surface area contributed by atoms with E-state index >= 15 is 0 Å². The van der Waals surface area contributed by atoms with Crippen LogP contribution in [0.1, 0.15) is 12.6 Å². The first-order valence-corrected chi connectivity index (χ1v) is 13.4. The van der Waals surface area contributed by atoms with Crippen LogP contribution in [0, 0.1) is 4.77 Å². The van der Waals surface area contributed by atoms with Gasteiger partial charge in [-0.2, -0.15) is 0 Å². The van der Waals surface area contributed by atoms with E-state index in [9.17, 15) is 0 Å². The summed E-state index contributed by atoms with van der Waals surface area (Å²) in [6, 6.07) is 0. The van der Waals surface area contributed by atoms with Crippen molar-refractivity contribution in [2.24, 2.45) is 0 Å². The average molecular weight is 285 g/mol. The summed E-state index contributed by atoms with van der Waals surface area (Å²) in [6.07, 6.45) is 6.51. The number of aromatic nitrogens is 2. The van der Waals surface area contributed by atoms with E-state index in [1.54, 1.807) is 0 Å². The highest BCUT2D eigenvalue weighted by molar-refractivity contribution is 7.71. The Morgan fingerprint density at radius 3 is 1.94 bits per heavy atom. The molecule has 5 heteroatoms. The van der Waals surface area contributed by atoms with Crippen molar-refractivity contribution in [1.82, 2.24) is 8.47 Å². The smallest absolute Gasteiger partial charge is 0.163 e. The Hall–Kier alpha value is -0.396. The summed E-state index contributed by atoms with van der Waals surface area (Å²) in [5.41, 5.74) is 1.26. The SMILES string of the molecule is CC=Cc1cn([Si](C)(C)C)c(=S)n1[Si](C)(C)C. The van der Waals surface area contributed by atoms with Gasteiger partial charge in [-0.05, 0) is 25.2 Å². The molecule has 0 N–H and O–H groups in total. The zero-order valence-electron chi connectivity index (χ0n) is 12.0. The Balaban J connectivity index is 3.59. The lowest BCUT2D eigenvalue weighted by Gasteiger charge is -2.22. The fourth-order valence-electron chi connectivity index (χ4n) is 1.91. The van der Waals surface area contributed by atoms with E-state index in [-0.39, 0.29) is 0 Å². The Bertz CT molecular complexity index is 484. The highest BCUT2D eigenvalue weighted by Crippen LogP contribution is 2.19. The molecule has 17 heavy (non-hydrogen) atoms. The molecule has 0 radical (unpaired) electrons. The molecule has 0 aliphatic carbocycles. The van der Waals surface area contributed by atoms with Crippen LogP contribution in [0.25, 0.3) is 6.08 Å². The summed E-state index contributed by atoms with van der Waals surface area (Å²) in [4.78, 5) is 0. The van der Waals surface area contributed by atoms with Crippen molar-refractivity contribution in [2.45, 2.75) is 46.2 Å². The van der Waals surface area contributed by atoms with Gasteiger partial charge in [-0.1, -0.05) is 45.4 Å². The van der Waals surface area contributed by atoms with Gasteiger partial charge in [0.1, 0.15) is 0 Å². The van der Waals surface area contributed by atoms with E-state index in [4.69, 9.17) is 12.2 Å². The summed E-state index contributed by atoms with van der Waals surface area (Å²) in [5, 5.41) is 0. The summed E-state index contributed by atoms with van der Waals surface area (Å²) in [6.45, 7) is 16.1. The van der Waals surface area contributed by atoms with E-state index in [2.05, 4.69) is 73.0 Å². The second-order valence-electron chi connectivity index (χ2n) is 6.38. The van der Waals surface area contributed by atoms with Crippen molar-refractivity contribution < 1.29 is 0 Å². The third-order valence-corrected chi connectivity index (χ3v) is 6.95. The van der Waals surface area contributed by atoms with Gasteiger partial charge in [0.15, 0.2) is 21.2 Å². The molecular formula is C12H24N2SSi2. The predicted octanol–water partition coefficient (Wildman–Crippen LogP) is 4.42. The summed E-state index contributed by atoms with van der Waals surface area (Å²) in [7, 11) is -2.87. The van der Waals surface area contributed by atoms with Gasteiger partial charge < -0.3 is 8.47 Å². The van der Waals surface area contributed by atoms with Crippen molar-refractivity contribution in [1.29, 1.82) is 0 Å². The molecule has 0 amide bonds. The van der Waals surface area contributed by atoms with E-state index in [1.807, 2.05) is 0 Å². The van der Waals surface area contributed by atoms with E-state index < -0.39 is 16.5 Å². The molecule has 0 saturated carbocycles. The normalized spacial score (nSPS) is 13.6. The molecule has 0 aliphatic heterocycles. The molecule has 1 heterocycles. The van der Waals surface area contributed by atoms with Gasteiger partial charge in [-0.3, -0.25) is 0 Å². The first-order valence-electron chi connectivity index (χ1n) is 6.07. The van der Waals surface area contributed by atoms with Crippen molar-refractivity contribution in [2.75, 3.05) is 0 Å². The van der Waals surface area contributed by atoms with Gasteiger partial charge in [-0.25, -0.2) is 0 Å². The van der Waals surface area contributed by atoms with Gasteiger partial charge in [0.05, 0.1) is 5.69 Å². The minimum atomic E-state index is -1.45. The first-order chi connectivity index (χ1) is 7.59. The monoisotopic (exact) mass is 284 g/mol. The maximum atomic E-state index is 5.68. The number of allylic oxidation sites excluding steroid dienone is 1. The van der Waals surface area contributed by atoms with Crippen molar-refractivity contribution in [3.8, 4) is 0 Å². The molecule has 0 aromatic carbocycles. The fourth-order valence-corrected chi connectivity index (χ4v) is 6.59. The van der Waals surface area contributed by atoms with E-state index in [0.29, 0.717) is 0 Å². The third kappa shape index (κ3) is 3.08. The van der Waals surface area contributed by atoms with E-state index in [1.165, 1.54) is 5.69 Å². The second-order valence-corrected chi connectivity index (χ2v) is 16.4. The molecule has 1 rings (SSSR count). The zero-order valence-corrected chi connectivity index (χ0v) is 14.9. The number of rotatable bonds is 3. The summed E-state index contributed by atoms with van der Waals surface area (Å²) < 4.78 is 5.74. The lowest BCUT2D eigenvalue weighted by atomic mass is 10.4. The lowest BCUT2D eigenvalue weighted by molar-refractivity contribution is 1.02. The van der Waals surface area contributed by atoms with Gasteiger partial charge >= 0.3 is 0 Å². The number of imidazole rings is 1. The van der Waals surface area contributed by atoms with Crippen LogP contribution in [-0.2, 0) is 0 Å². The average Bonchev–Trinajstić information content (AvgIpc) is 2.41. The van der Waals surface area contributed by atoms with Crippen molar-refractivity contribution >= 4 is 34.8 Å². The maximum Gasteiger partial charge on any atom is 0.163 e. The van der Waals surface area contributed by atoms with Crippen molar-refractivity contribution in [3.63, 3.8) is 0 Å². The number of hydrogen-bond donors (Lipinski definition) is 0. The standard InChI is InChI=1S/C12H24N2SSi2/c1-8-9-11-10-13(16(2,3)4)12(15)14(11)17(5,6)7/h8-10H,1-7H3. The number of hydrogen-bond acceptors (Lipinski definition) is 1. The molecule has 0 spiro atoms. The molecule has 0 bridgehead atoms. The Morgan fingerprint density at radius 1 is 1.06 bits per heavy atom. The number of nitrogens with zero attached hydrogens (tertiary/aromatic N) is 2. The van der Waals surface area contributed by atoms with Crippen LogP contribution in [-0.4, -0.2) is 24.9 Å². The summed E-state index contributed by atoms with van der Waals surface area (Å²) in [5.74, 6) is 0. The Morgan fingerprint density at radius 2 is 1.59 bits per heavy atom. The molecule has 0 fully saturated rings. The lowest BCUT2D eigenvalue weighted by Crippen LogP contribution is -2.36. The maximum absolute atomic E-state index is 5.68. The minimum absolute atomic E-state index is 1.01. The quantitative estimate of drug-likeness (QED) is 0.590. The van der Waals surface area contributed by atoms with Gasteiger partial charge in [0.2, 0.25) is 0 Å². The zero-order chi connectivity index (χ0) is 13.4. The Labute approximate surface area is 112 Å². The second kappa shape index (κ2) is 4.70. The van der Waals surface area contributed by atoms with Gasteiger partial charge in [0, 0.05) is 6.20 Å². The van der Waals surface area contributed by atoms with Gasteiger partial charge in [0.25, 0.3) is 0 Å². The summed E-state index contributed by atoms with van der Waals surface area (Å²) >= 11 is 5.68. The topological polar surface area (TPSA) is 9.86 Å². The molecule has 1 aromatic rings. The first kappa shape index (κ1) is 14.7. The van der Waals surface area contributed by atoms with Gasteiger partial charge in [-0.15, -0.1) is 0 Å². The molecule has 0 atom stereocenters. The molecule has 2 nitrogen and oxygen atoms in total. The Kier molecular flexibility index (Phi) is 4.06. The van der Waals surface area contributed by atoms with E-state index in [0.717, 1.165) is 4.77 Å². The molecular weight excluding hydrogens is 260 g/mol.